The zero-order chi connectivity index (χ0) is 22.7. The number of aromatic nitrogens is 4. The number of aromatic amines is 1. The first kappa shape index (κ1) is 22.5. The number of aryl methyl sites for hydroxylation is 2. The van der Waals surface area contributed by atoms with Crippen molar-refractivity contribution in [1.82, 2.24) is 25.1 Å². The van der Waals surface area contributed by atoms with Crippen LogP contribution < -0.4 is 16.4 Å². The average molecular weight is 443 g/mol. The smallest absolute Gasteiger partial charge is 0.248 e. The molecule has 0 saturated heterocycles. The Hall–Kier alpha value is -3.17. The third kappa shape index (κ3) is 5.31. The van der Waals surface area contributed by atoms with Gasteiger partial charge < -0.3 is 21.3 Å². The molecule has 1 amide bonds. The SMILES string of the molecule is Cc1cc(Nc2nc(Nc3c(C)cc(C(N)=O)c(C)c3CCN(C)C)ncc2Cl)n[nH]1. The van der Waals surface area contributed by atoms with E-state index in [1.807, 2.05) is 40.9 Å². The number of likely N-dealkylation sites (N-methyl/N-ethyl adjacent to an activating group) is 1. The van der Waals surface area contributed by atoms with E-state index < -0.39 is 5.91 Å². The lowest BCUT2D eigenvalue weighted by atomic mass is 9.94. The van der Waals surface area contributed by atoms with Crippen LogP contribution in [0.4, 0.5) is 23.3 Å². The molecule has 0 aliphatic heterocycles. The van der Waals surface area contributed by atoms with Crippen molar-refractivity contribution in [2.45, 2.75) is 27.2 Å². The first-order valence-electron chi connectivity index (χ1n) is 9.82. The largest absolute Gasteiger partial charge is 0.366 e. The second-order valence-corrected chi connectivity index (χ2v) is 8.12. The lowest BCUT2D eigenvalue weighted by molar-refractivity contribution is 0.0999. The summed E-state index contributed by atoms with van der Waals surface area (Å²) >= 11 is 6.27. The molecule has 0 fully saturated rings. The van der Waals surface area contributed by atoms with Gasteiger partial charge in [-0.2, -0.15) is 10.1 Å². The Morgan fingerprint density at radius 2 is 1.97 bits per heavy atom. The molecule has 3 rings (SSSR count). The topological polar surface area (TPSA) is 125 Å². The number of nitrogens with two attached hydrogens (primary N) is 1. The number of nitrogens with zero attached hydrogens (tertiary/aromatic N) is 4. The summed E-state index contributed by atoms with van der Waals surface area (Å²) < 4.78 is 0. The molecule has 0 atom stereocenters. The molecule has 0 bridgehead atoms. The van der Waals surface area contributed by atoms with Gasteiger partial charge in [-0.3, -0.25) is 9.89 Å². The van der Waals surface area contributed by atoms with E-state index >= 15 is 0 Å². The monoisotopic (exact) mass is 442 g/mol. The van der Waals surface area contributed by atoms with Crippen LogP contribution in [0.2, 0.25) is 5.02 Å². The maximum Gasteiger partial charge on any atom is 0.248 e. The molecule has 31 heavy (non-hydrogen) atoms. The zero-order valence-electron chi connectivity index (χ0n) is 18.3. The average Bonchev–Trinajstić information content (AvgIpc) is 3.10. The highest BCUT2D eigenvalue weighted by molar-refractivity contribution is 6.32. The van der Waals surface area contributed by atoms with Crippen LogP contribution in [0.1, 0.15) is 32.7 Å². The Morgan fingerprint density at radius 1 is 1.23 bits per heavy atom. The number of primary amides is 1. The fourth-order valence-corrected chi connectivity index (χ4v) is 3.43. The molecule has 9 nitrogen and oxygen atoms in total. The van der Waals surface area contributed by atoms with Gasteiger partial charge in [0.05, 0.1) is 6.20 Å². The van der Waals surface area contributed by atoms with Crippen LogP contribution in [0, 0.1) is 20.8 Å². The van der Waals surface area contributed by atoms with E-state index in [1.165, 1.54) is 6.20 Å². The second-order valence-electron chi connectivity index (χ2n) is 7.71. The van der Waals surface area contributed by atoms with E-state index in [4.69, 9.17) is 17.3 Å². The highest BCUT2D eigenvalue weighted by Gasteiger charge is 2.18. The molecular formula is C21H27ClN8O. The minimum Gasteiger partial charge on any atom is -0.366 e. The Bertz CT molecular complexity index is 1110. The molecule has 3 aromatic rings. The van der Waals surface area contributed by atoms with Gasteiger partial charge in [0.15, 0.2) is 11.6 Å². The van der Waals surface area contributed by atoms with Gasteiger partial charge in [-0.15, -0.1) is 0 Å². The van der Waals surface area contributed by atoms with Gasteiger partial charge in [-0.05, 0) is 64.0 Å². The third-order valence-corrected chi connectivity index (χ3v) is 5.20. The number of amides is 1. The summed E-state index contributed by atoms with van der Waals surface area (Å²) in [7, 11) is 4.01. The minimum absolute atomic E-state index is 0.371. The van der Waals surface area contributed by atoms with Gasteiger partial charge in [0.1, 0.15) is 5.02 Å². The molecule has 0 spiro atoms. The van der Waals surface area contributed by atoms with Gasteiger partial charge in [0.2, 0.25) is 11.9 Å². The molecule has 10 heteroatoms. The van der Waals surface area contributed by atoms with E-state index in [0.717, 1.165) is 41.0 Å². The molecule has 2 heterocycles. The summed E-state index contributed by atoms with van der Waals surface area (Å²) in [5.74, 6) is 0.971. The van der Waals surface area contributed by atoms with Crippen molar-refractivity contribution in [2.75, 3.05) is 31.3 Å². The standard InChI is InChI=1S/C21H27ClN8O/c1-11-8-15(19(23)31)13(3)14(6-7-30(4)5)18(11)26-21-24-10-16(22)20(27-21)25-17-9-12(2)28-29-17/h8-10H,6-7H2,1-5H3,(H2,23,31)(H3,24,25,26,27,28,29). The number of anilines is 4. The second kappa shape index (κ2) is 9.32. The van der Waals surface area contributed by atoms with Gasteiger partial charge >= 0.3 is 0 Å². The Balaban J connectivity index is 1.98. The van der Waals surface area contributed by atoms with Crippen LogP contribution in [0.3, 0.4) is 0 Å². The molecule has 0 aliphatic rings. The predicted octanol–water partition coefficient (Wildman–Crippen LogP) is 3.47. The van der Waals surface area contributed by atoms with E-state index in [9.17, 15) is 4.79 Å². The normalized spacial score (nSPS) is 11.1. The first-order chi connectivity index (χ1) is 14.7. The molecule has 1 aromatic carbocycles. The Morgan fingerprint density at radius 3 is 2.58 bits per heavy atom. The van der Waals surface area contributed by atoms with Crippen LogP contribution in [0.25, 0.3) is 0 Å². The fourth-order valence-electron chi connectivity index (χ4n) is 3.29. The highest BCUT2D eigenvalue weighted by atomic mass is 35.5. The van der Waals surface area contributed by atoms with E-state index in [-0.39, 0.29) is 0 Å². The summed E-state index contributed by atoms with van der Waals surface area (Å²) in [6, 6.07) is 3.64. The number of carbonyl (C=O) groups excluding carboxylic acids is 1. The number of rotatable bonds is 8. The molecule has 0 radical (unpaired) electrons. The van der Waals surface area contributed by atoms with Gasteiger partial charge in [0.25, 0.3) is 0 Å². The molecule has 5 N–H and O–H groups in total. The number of hydrogen-bond acceptors (Lipinski definition) is 7. The first-order valence-corrected chi connectivity index (χ1v) is 10.2. The molecule has 0 saturated carbocycles. The molecule has 0 aliphatic carbocycles. The summed E-state index contributed by atoms with van der Waals surface area (Å²) in [5, 5.41) is 13.8. The number of nitrogens with one attached hydrogen (secondary N) is 3. The van der Waals surface area contributed by atoms with Gasteiger partial charge in [-0.25, -0.2) is 4.98 Å². The van der Waals surface area contributed by atoms with Crippen LogP contribution in [-0.2, 0) is 6.42 Å². The Labute approximate surface area is 186 Å². The fraction of sp³-hybridized carbons (Fsp3) is 0.333. The van der Waals surface area contributed by atoms with Crippen molar-refractivity contribution in [3.63, 3.8) is 0 Å². The number of benzene rings is 1. The summed E-state index contributed by atoms with van der Waals surface area (Å²) in [4.78, 5) is 22.8. The molecule has 164 valence electrons. The number of hydrogen-bond donors (Lipinski definition) is 4. The number of halogens is 1. The zero-order valence-corrected chi connectivity index (χ0v) is 19.1. The van der Waals surface area contributed by atoms with E-state index in [1.54, 1.807) is 6.07 Å². The lowest BCUT2D eigenvalue weighted by Crippen LogP contribution is -2.19. The van der Waals surface area contributed by atoms with Gasteiger partial charge in [-0.1, -0.05) is 11.6 Å². The third-order valence-electron chi connectivity index (χ3n) is 4.92. The number of carbonyl (C=O) groups is 1. The Kier molecular flexibility index (Phi) is 6.77. The van der Waals surface area contributed by atoms with Crippen molar-refractivity contribution in [1.29, 1.82) is 0 Å². The van der Waals surface area contributed by atoms with Crippen molar-refractivity contribution < 1.29 is 4.79 Å². The maximum atomic E-state index is 11.9. The van der Waals surface area contributed by atoms with Crippen LogP contribution in [0.15, 0.2) is 18.3 Å². The summed E-state index contributed by atoms with van der Waals surface area (Å²) in [6.45, 7) is 6.55. The quantitative estimate of drug-likeness (QED) is 0.421. The van der Waals surface area contributed by atoms with Crippen molar-refractivity contribution in [3.8, 4) is 0 Å². The molecule has 0 unspecified atom stereocenters. The maximum absolute atomic E-state index is 11.9. The van der Waals surface area contributed by atoms with Crippen LogP contribution >= 0.6 is 11.6 Å². The van der Waals surface area contributed by atoms with E-state index in [0.29, 0.717) is 28.2 Å². The van der Waals surface area contributed by atoms with Crippen molar-refractivity contribution in [2.24, 2.45) is 5.73 Å². The number of H-pyrrole nitrogens is 1. The predicted molar refractivity (Wildman–Crippen MR) is 124 cm³/mol. The van der Waals surface area contributed by atoms with Crippen LogP contribution in [-0.4, -0.2) is 51.6 Å². The van der Waals surface area contributed by atoms with Gasteiger partial charge in [0, 0.05) is 29.6 Å². The minimum atomic E-state index is -0.443. The summed E-state index contributed by atoms with van der Waals surface area (Å²) in [5.41, 5.74) is 10.6. The van der Waals surface area contributed by atoms with Crippen LogP contribution in [0.5, 0.6) is 0 Å². The summed E-state index contributed by atoms with van der Waals surface area (Å²) in [6.07, 6.45) is 2.26. The van der Waals surface area contributed by atoms with Crippen molar-refractivity contribution >= 4 is 40.8 Å². The highest BCUT2D eigenvalue weighted by Crippen LogP contribution is 2.31. The lowest BCUT2D eigenvalue weighted by Gasteiger charge is -2.20. The molecule has 2 aromatic heterocycles. The molecular weight excluding hydrogens is 416 g/mol. The van der Waals surface area contributed by atoms with E-state index in [2.05, 4.69) is 35.7 Å². The van der Waals surface area contributed by atoms with Crippen molar-refractivity contribution in [3.05, 3.63) is 51.3 Å².